The molecule has 1 aliphatic heterocycles. The molecule has 0 aliphatic carbocycles. The lowest BCUT2D eigenvalue weighted by molar-refractivity contribution is 0.0698. The van der Waals surface area contributed by atoms with E-state index < -0.39 is 16.0 Å². The van der Waals surface area contributed by atoms with Crippen LogP contribution in [-0.4, -0.2) is 56.8 Å². The fraction of sp³-hybridized carbons (Fsp3) is 0.240. The molecule has 0 unspecified atom stereocenters. The lowest BCUT2D eigenvalue weighted by atomic mass is 9.96. The molecule has 0 saturated carbocycles. The Kier molecular flexibility index (Phi) is 6.67. The Bertz CT molecular complexity index is 1170. The summed E-state index contributed by atoms with van der Waals surface area (Å²) < 4.78 is 25.4. The van der Waals surface area contributed by atoms with E-state index in [1.807, 2.05) is 12.1 Å². The zero-order valence-corrected chi connectivity index (χ0v) is 19.2. The number of rotatable bonds is 7. The Balaban J connectivity index is 1.54. The molecule has 1 aliphatic rings. The van der Waals surface area contributed by atoms with E-state index >= 15 is 0 Å². The number of sulfonamides is 1. The van der Waals surface area contributed by atoms with Crippen molar-refractivity contribution in [3.05, 3.63) is 95.6 Å². The molecule has 0 spiro atoms. The second kappa shape index (κ2) is 9.64. The van der Waals surface area contributed by atoms with Gasteiger partial charge in [0, 0.05) is 31.9 Å². The lowest BCUT2D eigenvalue weighted by Gasteiger charge is -2.40. The minimum absolute atomic E-state index is 0.0631. The molecule has 3 aromatic rings. The van der Waals surface area contributed by atoms with Crippen LogP contribution in [0.5, 0.6) is 0 Å². The smallest absolute Gasteiger partial charge is 0.337 e. The molecular weight excluding hydrogens is 438 g/mol. The minimum Gasteiger partial charge on any atom is -0.478 e. The maximum Gasteiger partial charge on any atom is 0.337 e. The highest BCUT2D eigenvalue weighted by Gasteiger charge is 2.27. The maximum absolute atomic E-state index is 11.7. The summed E-state index contributed by atoms with van der Waals surface area (Å²) in [4.78, 5) is 16.3. The standard InChI is InChI=1S/C25H27N3O4S/c1-33(31,32)26-23-13-12-21(18-22(23)25(29)30)27-14-16-28(17-15-27)24(19-8-4-2-5-9-19)20-10-6-3-7-11-20/h2-13,18,24,26H,14-17H2,1H3,(H,29,30). The quantitative estimate of drug-likeness (QED) is 0.553. The highest BCUT2D eigenvalue weighted by molar-refractivity contribution is 7.92. The molecule has 4 rings (SSSR count). The van der Waals surface area contributed by atoms with Gasteiger partial charge in [-0.05, 0) is 29.3 Å². The van der Waals surface area contributed by atoms with Crippen LogP contribution in [0.2, 0.25) is 0 Å². The zero-order chi connectivity index (χ0) is 23.4. The Hall–Kier alpha value is -3.36. The van der Waals surface area contributed by atoms with Crippen LogP contribution in [0.25, 0.3) is 0 Å². The van der Waals surface area contributed by atoms with Crippen LogP contribution >= 0.6 is 0 Å². The van der Waals surface area contributed by atoms with E-state index in [0.717, 1.165) is 38.1 Å². The highest BCUT2D eigenvalue weighted by Crippen LogP contribution is 2.31. The summed E-state index contributed by atoms with van der Waals surface area (Å²) in [5.74, 6) is -1.17. The van der Waals surface area contributed by atoms with Gasteiger partial charge < -0.3 is 10.0 Å². The Morgan fingerprint density at radius 3 is 1.91 bits per heavy atom. The van der Waals surface area contributed by atoms with E-state index in [1.165, 1.54) is 23.3 Å². The van der Waals surface area contributed by atoms with Crippen LogP contribution in [0.1, 0.15) is 27.5 Å². The van der Waals surface area contributed by atoms with Crippen molar-refractivity contribution in [1.29, 1.82) is 0 Å². The molecule has 7 nitrogen and oxygen atoms in total. The molecule has 2 N–H and O–H groups in total. The largest absolute Gasteiger partial charge is 0.478 e. The number of piperazine rings is 1. The van der Waals surface area contributed by atoms with Gasteiger partial charge in [-0.25, -0.2) is 13.2 Å². The van der Waals surface area contributed by atoms with E-state index in [0.29, 0.717) is 0 Å². The van der Waals surface area contributed by atoms with Crippen LogP contribution in [-0.2, 0) is 10.0 Å². The molecule has 33 heavy (non-hydrogen) atoms. The molecule has 1 heterocycles. The van der Waals surface area contributed by atoms with Gasteiger partial charge in [0.15, 0.2) is 0 Å². The fourth-order valence-corrected chi connectivity index (χ4v) is 4.90. The number of carboxylic acid groups (broad SMARTS) is 1. The number of benzene rings is 3. The molecule has 0 aromatic heterocycles. The molecule has 1 saturated heterocycles. The second-order valence-corrected chi connectivity index (χ2v) is 9.90. The van der Waals surface area contributed by atoms with Crippen LogP contribution < -0.4 is 9.62 Å². The van der Waals surface area contributed by atoms with Crippen molar-refractivity contribution in [3.63, 3.8) is 0 Å². The van der Waals surface area contributed by atoms with E-state index in [2.05, 4.69) is 63.1 Å². The van der Waals surface area contributed by atoms with Crippen LogP contribution in [0.3, 0.4) is 0 Å². The predicted octanol–water partition coefficient (Wildman–Crippen LogP) is 3.67. The highest BCUT2D eigenvalue weighted by atomic mass is 32.2. The van der Waals surface area contributed by atoms with Crippen molar-refractivity contribution in [2.75, 3.05) is 42.1 Å². The zero-order valence-electron chi connectivity index (χ0n) is 18.4. The molecule has 8 heteroatoms. The van der Waals surface area contributed by atoms with Gasteiger partial charge in [-0.2, -0.15) is 0 Å². The fourth-order valence-electron chi connectivity index (χ4n) is 4.32. The third kappa shape index (κ3) is 5.53. The van der Waals surface area contributed by atoms with E-state index in [1.54, 1.807) is 6.07 Å². The molecular formula is C25H27N3O4S. The monoisotopic (exact) mass is 465 g/mol. The van der Waals surface area contributed by atoms with Crippen molar-refractivity contribution >= 4 is 27.4 Å². The summed E-state index contributed by atoms with van der Waals surface area (Å²) in [6.07, 6.45) is 1.00. The number of anilines is 2. The first-order chi connectivity index (χ1) is 15.8. The molecule has 0 radical (unpaired) electrons. The number of carboxylic acids is 1. The van der Waals surface area contributed by atoms with Gasteiger partial charge in [0.25, 0.3) is 0 Å². The molecule has 0 bridgehead atoms. The normalized spacial score (nSPS) is 14.9. The predicted molar refractivity (Wildman–Crippen MR) is 130 cm³/mol. The second-order valence-electron chi connectivity index (χ2n) is 8.16. The topological polar surface area (TPSA) is 90.0 Å². The van der Waals surface area contributed by atoms with Gasteiger partial charge in [-0.3, -0.25) is 9.62 Å². The van der Waals surface area contributed by atoms with Crippen molar-refractivity contribution in [2.24, 2.45) is 0 Å². The molecule has 0 atom stereocenters. The summed E-state index contributed by atoms with van der Waals surface area (Å²) in [6.45, 7) is 3.07. The van der Waals surface area contributed by atoms with Crippen LogP contribution in [0.4, 0.5) is 11.4 Å². The van der Waals surface area contributed by atoms with E-state index in [4.69, 9.17) is 0 Å². The number of aromatic carboxylic acids is 1. The van der Waals surface area contributed by atoms with E-state index in [9.17, 15) is 18.3 Å². The first-order valence-electron chi connectivity index (χ1n) is 10.8. The molecule has 172 valence electrons. The maximum atomic E-state index is 11.7. The average Bonchev–Trinajstić information content (AvgIpc) is 2.80. The van der Waals surface area contributed by atoms with Gasteiger partial charge in [-0.1, -0.05) is 60.7 Å². The van der Waals surface area contributed by atoms with Gasteiger partial charge in [0.05, 0.1) is 23.5 Å². The Labute approximate surface area is 194 Å². The van der Waals surface area contributed by atoms with Crippen molar-refractivity contribution < 1.29 is 18.3 Å². The van der Waals surface area contributed by atoms with Crippen LogP contribution in [0.15, 0.2) is 78.9 Å². The minimum atomic E-state index is -3.57. The van der Waals surface area contributed by atoms with E-state index in [-0.39, 0.29) is 17.3 Å². The summed E-state index contributed by atoms with van der Waals surface area (Å²) in [5, 5.41) is 9.59. The summed E-state index contributed by atoms with van der Waals surface area (Å²) >= 11 is 0. The average molecular weight is 466 g/mol. The van der Waals surface area contributed by atoms with Gasteiger partial charge in [0.2, 0.25) is 10.0 Å². The first-order valence-corrected chi connectivity index (χ1v) is 12.6. The number of nitrogens with one attached hydrogen (secondary N) is 1. The first kappa shape index (κ1) is 22.8. The third-order valence-electron chi connectivity index (χ3n) is 5.80. The molecule has 3 aromatic carbocycles. The summed E-state index contributed by atoms with van der Waals surface area (Å²) in [5.41, 5.74) is 3.25. The Morgan fingerprint density at radius 2 is 1.42 bits per heavy atom. The van der Waals surface area contributed by atoms with Gasteiger partial charge in [-0.15, -0.1) is 0 Å². The number of hydrogen-bond acceptors (Lipinski definition) is 5. The summed E-state index contributed by atoms with van der Waals surface area (Å²) in [6, 6.07) is 25.8. The van der Waals surface area contributed by atoms with Crippen molar-refractivity contribution in [1.82, 2.24) is 4.90 Å². The number of carbonyl (C=O) groups is 1. The SMILES string of the molecule is CS(=O)(=O)Nc1ccc(N2CCN(C(c3ccccc3)c3ccccc3)CC2)cc1C(=O)O. The van der Waals surface area contributed by atoms with Gasteiger partial charge in [0.1, 0.15) is 0 Å². The summed E-state index contributed by atoms with van der Waals surface area (Å²) in [7, 11) is -3.57. The Morgan fingerprint density at radius 1 is 0.879 bits per heavy atom. The van der Waals surface area contributed by atoms with Gasteiger partial charge >= 0.3 is 5.97 Å². The van der Waals surface area contributed by atoms with Crippen molar-refractivity contribution in [2.45, 2.75) is 6.04 Å². The van der Waals surface area contributed by atoms with Crippen molar-refractivity contribution in [3.8, 4) is 0 Å². The molecule has 1 fully saturated rings. The number of hydrogen-bond donors (Lipinski definition) is 2. The third-order valence-corrected chi connectivity index (χ3v) is 6.39. The molecule has 0 amide bonds. The lowest BCUT2D eigenvalue weighted by Crippen LogP contribution is -2.48. The number of nitrogens with zero attached hydrogens (tertiary/aromatic N) is 2. The van der Waals surface area contributed by atoms with Crippen LogP contribution in [0, 0.1) is 0 Å².